The third-order valence-electron chi connectivity index (χ3n) is 2.60. The molecule has 0 fully saturated rings. The zero-order chi connectivity index (χ0) is 14.4. The quantitative estimate of drug-likeness (QED) is 0.858. The molecule has 2 N–H and O–H groups in total. The van der Waals surface area contributed by atoms with E-state index in [-0.39, 0.29) is 18.2 Å². The molecule has 0 saturated heterocycles. The van der Waals surface area contributed by atoms with Gasteiger partial charge in [0.1, 0.15) is 0 Å². The molecule has 0 saturated carbocycles. The minimum absolute atomic E-state index is 0.0447. The van der Waals surface area contributed by atoms with Crippen LogP contribution in [0.3, 0.4) is 0 Å². The van der Waals surface area contributed by atoms with E-state index in [1.807, 2.05) is 34.6 Å². The van der Waals surface area contributed by atoms with E-state index in [1.54, 1.807) is 12.1 Å². The molecule has 0 aromatic carbocycles. The number of anilines is 1. The summed E-state index contributed by atoms with van der Waals surface area (Å²) in [6.45, 7) is 9.87. The molecule has 0 spiro atoms. The largest absolute Gasteiger partial charge is 0.474 e. The predicted molar refractivity (Wildman–Crippen MR) is 74.3 cm³/mol. The maximum Gasteiger partial charge on any atom is 0.320 e. The highest BCUT2D eigenvalue weighted by Gasteiger charge is 2.11. The Labute approximate surface area is 113 Å². The molecule has 0 unspecified atom stereocenters. The molecular weight excluding hydrogens is 244 g/mol. The number of aromatic nitrogens is 2. The number of hydrogen-bond acceptors (Lipinski definition) is 4. The lowest BCUT2D eigenvalue weighted by Gasteiger charge is -2.17. The van der Waals surface area contributed by atoms with Crippen LogP contribution in [-0.4, -0.2) is 28.4 Å². The van der Waals surface area contributed by atoms with Crippen molar-refractivity contribution in [2.75, 3.05) is 5.32 Å². The van der Waals surface area contributed by atoms with E-state index >= 15 is 0 Å². The predicted octanol–water partition coefficient (Wildman–Crippen LogP) is 2.43. The first kappa shape index (κ1) is 15.2. The van der Waals surface area contributed by atoms with Crippen molar-refractivity contribution < 1.29 is 9.53 Å². The van der Waals surface area contributed by atoms with Gasteiger partial charge in [0.2, 0.25) is 5.88 Å². The first-order valence-electron chi connectivity index (χ1n) is 6.46. The highest BCUT2D eigenvalue weighted by atomic mass is 16.5. The number of nitrogens with zero attached hydrogens (tertiary/aromatic N) is 2. The Morgan fingerprint density at radius 1 is 1.16 bits per heavy atom. The van der Waals surface area contributed by atoms with E-state index < -0.39 is 0 Å². The molecule has 1 aromatic heterocycles. The van der Waals surface area contributed by atoms with E-state index in [4.69, 9.17) is 4.74 Å². The second-order valence-electron chi connectivity index (χ2n) is 5.05. The van der Waals surface area contributed by atoms with Crippen LogP contribution < -0.4 is 15.4 Å². The second-order valence-corrected chi connectivity index (χ2v) is 5.05. The molecule has 2 amide bonds. The summed E-state index contributed by atoms with van der Waals surface area (Å²) in [7, 11) is 0. The van der Waals surface area contributed by atoms with Crippen LogP contribution in [0.15, 0.2) is 12.1 Å². The van der Waals surface area contributed by atoms with Crippen LogP contribution in [0, 0.1) is 5.92 Å². The Balaban J connectivity index is 2.51. The normalized spacial score (nSPS) is 12.4. The first-order chi connectivity index (χ1) is 8.88. The van der Waals surface area contributed by atoms with Gasteiger partial charge in [0.05, 0.1) is 6.10 Å². The summed E-state index contributed by atoms with van der Waals surface area (Å²) in [6, 6.07) is 3.14. The molecule has 0 aliphatic rings. The Morgan fingerprint density at radius 2 is 1.84 bits per heavy atom. The van der Waals surface area contributed by atoms with Crippen molar-refractivity contribution in [2.45, 2.75) is 46.8 Å². The SMILES string of the molecule is CC(C)Oc1ccc(NC(=O)N[C@@H](C)C(C)C)nn1. The fourth-order valence-corrected chi connectivity index (χ4v) is 1.22. The lowest BCUT2D eigenvalue weighted by atomic mass is 10.1. The van der Waals surface area contributed by atoms with Crippen molar-refractivity contribution in [3.05, 3.63) is 12.1 Å². The number of ether oxygens (including phenoxy) is 1. The fraction of sp³-hybridized carbons (Fsp3) is 0.615. The van der Waals surface area contributed by atoms with Crippen molar-refractivity contribution in [1.82, 2.24) is 15.5 Å². The summed E-state index contributed by atoms with van der Waals surface area (Å²) >= 11 is 0. The van der Waals surface area contributed by atoms with Gasteiger partial charge >= 0.3 is 6.03 Å². The van der Waals surface area contributed by atoms with Crippen LogP contribution >= 0.6 is 0 Å². The van der Waals surface area contributed by atoms with Crippen LogP contribution in [-0.2, 0) is 0 Å². The van der Waals surface area contributed by atoms with Crippen molar-refractivity contribution in [1.29, 1.82) is 0 Å². The van der Waals surface area contributed by atoms with Gasteiger partial charge < -0.3 is 10.1 Å². The number of carbonyl (C=O) groups is 1. The highest BCUT2D eigenvalue weighted by Crippen LogP contribution is 2.10. The molecule has 19 heavy (non-hydrogen) atoms. The maximum absolute atomic E-state index is 11.7. The van der Waals surface area contributed by atoms with Gasteiger partial charge in [-0.15, -0.1) is 10.2 Å². The molecule has 1 aromatic rings. The van der Waals surface area contributed by atoms with E-state index in [0.29, 0.717) is 17.6 Å². The van der Waals surface area contributed by atoms with Gasteiger partial charge in [0.25, 0.3) is 0 Å². The van der Waals surface area contributed by atoms with Gasteiger partial charge in [-0.2, -0.15) is 0 Å². The van der Waals surface area contributed by atoms with Crippen LogP contribution in [0.1, 0.15) is 34.6 Å². The lowest BCUT2D eigenvalue weighted by Crippen LogP contribution is -2.39. The number of urea groups is 1. The van der Waals surface area contributed by atoms with Crippen LogP contribution in [0.2, 0.25) is 0 Å². The molecular formula is C13H22N4O2. The van der Waals surface area contributed by atoms with E-state index in [9.17, 15) is 4.79 Å². The van der Waals surface area contributed by atoms with E-state index in [2.05, 4.69) is 20.8 Å². The highest BCUT2D eigenvalue weighted by molar-refractivity contribution is 5.88. The molecule has 1 rings (SSSR count). The van der Waals surface area contributed by atoms with E-state index in [1.165, 1.54) is 0 Å². The standard InChI is InChI=1S/C13H22N4O2/c1-8(2)10(5)14-13(18)15-11-6-7-12(17-16-11)19-9(3)4/h6-10H,1-5H3,(H2,14,15,16,18)/t10-/m0/s1. The monoisotopic (exact) mass is 266 g/mol. The summed E-state index contributed by atoms with van der Waals surface area (Å²) in [5.74, 6) is 1.21. The third-order valence-corrected chi connectivity index (χ3v) is 2.60. The molecule has 6 heteroatoms. The van der Waals surface area contributed by atoms with Gasteiger partial charge in [-0.05, 0) is 32.8 Å². The summed E-state index contributed by atoms with van der Waals surface area (Å²) in [5.41, 5.74) is 0. The minimum Gasteiger partial charge on any atom is -0.474 e. The summed E-state index contributed by atoms with van der Waals surface area (Å²) < 4.78 is 5.37. The third kappa shape index (κ3) is 5.54. The second kappa shape index (κ2) is 6.92. The molecule has 0 radical (unpaired) electrons. The number of nitrogens with one attached hydrogen (secondary N) is 2. The molecule has 1 heterocycles. The van der Waals surface area contributed by atoms with Crippen LogP contribution in [0.5, 0.6) is 5.88 Å². The average Bonchev–Trinajstić information content (AvgIpc) is 2.30. The van der Waals surface area contributed by atoms with E-state index in [0.717, 1.165) is 0 Å². The molecule has 0 aliphatic heterocycles. The Bertz CT molecular complexity index is 404. The zero-order valence-corrected chi connectivity index (χ0v) is 12.1. The van der Waals surface area contributed by atoms with Crippen LogP contribution in [0.4, 0.5) is 10.6 Å². The zero-order valence-electron chi connectivity index (χ0n) is 12.1. The topological polar surface area (TPSA) is 76.1 Å². The smallest absolute Gasteiger partial charge is 0.320 e. The summed E-state index contributed by atoms with van der Waals surface area (Å²) in [6.07, 6.45) is 0.0447. The molecule has 6 nitrogen and oxygen atoms in total. The molecule has 1 atom stereocenters. The lowest BCUT2D eigenvalue weighted by molar-refractivity contribution is 0.230. The number of amides is 2. The Kier molecular flexibility index (Phi) is 5.54. The van der Waals surface area contributed by atoms with Gasteiger partial charge in [0, 0.05) is 12.1 Å². The summed E-state index contributed by atoms with van der Waals surface area (Å²) in [5, 5.41) is 13.2. The Hall–Kier alpha value is -1.85. The van der Waals surface area contributed by atoms with Crippen molar-refractivity contribution in [3.8, 4) is 5.88 Å². The summed E-state index contributed by atoms with van der Waals surface area (Å²) in [4.78, 5) is 11.7. The van der Waals surface area contributed by atoms with Crippen LogP contribution in [0.25, 0.3) is 0 Å². The fourth-order valence-electron chi connectivity index (χ4n) is 1.22. The van der Waals surface area contributed by atoms with Gasteiger partial charge in [-0.3, -0.25) is 5.32 Å². The molecule has 0 bridgehead atoms. The number of rotatable bonds is 5. The Morgan fingerprint density at radius 3 is 2.32 bits per heavy atom. The minimum atomic E-state index is -0.284. The molecule has 106 valence electrons. The van der Waals surface area contributed by atoms with Crippen molar-refractivity contribution in [2.24, 2.45) is 5.92 Å². The van der Waals surface area contributed by atoms with Gasteiger partial charge in [-0.25, -0.2) is 4.79 Å². The molecule has 0 aliphatic carbocycles. The maximum atomic E-state index is 11.7. The van der Waals surface area contributed by atoms with Crippen molar-refractivity contribution >= 4 is 11.8 Å². The number of carbonyl (C=O) groups excluding carboxylic acids is 1. The average molecular weight is 266 g/mol. The van der Waals surface area contributed by atoms with Crippen molar-refractivity contribution in [3.63, 3.8) is 0 Å². The van der Waals surface area contributed by atoms with Gasteiger partial charge in [0.15, 0.2) is 5.82 Å². The first-order valence-corrected chi connectivity index (χ1v) is 6.46. The van der Waals surface area contributed by atoms with Gasteiger partial charge in [-0.1, -0.05) is 13.8 Å². The number of hydrogen-bond donors (Lipinski definition) is 2.